The van der Waals surface area contributed by atoms with E-state index in [1.165, 1.54) is 0 Å². The van der Waals surface area contributed by atoms with Gasteiger partial charge in [0, 0.05) is 17.7 Å². The fourth-order valence-corrected chi connectivity index (χ4v) is 1.86. The van der Waals surface area contributed by atoms with Crippen molar-refractivity contribution in [2.24, 2.45) is 5.92 Å². The van der Waals surface area contributed by atoms with Gasteiger partial charge in [-0.1, -0.05) is 12.1 Å². The molecule has 1 aliphatic carbocycles. The molecular weight excluding hydrogens is 188 g/mol. The first kappa shape index (κ1) is 8.72. The Hall–Kier alpha value is -1.57. The van der Waals surface area contributed by atoms with Gasteiger partial charge in [-0.3, -0.25) is 4.79 Å². The monoisotopic (exact) mass is 200 g/mol. The lowest BCUT2D eigenvalue weighted by Gasteiger charge is -1.99. The first-order valence-corrected chi connectivity index (χ1v) is 5.32. The van der Waals surface area contributed by atoms with Crippen molar-refractivity contribution in [3.8, 4) is 0 Å². The summed E-state index contributed by atoms with van der Waals surface area (Å²) < 4.78 is 5.30. The highest BCUT2D eigenvalue weighted by Crippen LogP contribution is 2.31. The number of hydrogen-bond acceptors (Lipinski definition) is 2. The van der Waals surface area contributed by atoms with E-state index in [9.17, 15) is 4.79 Å². The molecule has 1 aromatic carbocycles. The fraction of sp³-hybridized carbons (Fsp3) is 0.308. The molecule has 0 amide bonds. The molecule has 0 atom stereocenters. The van der Waals surface area contributed by atoms with Crippen molar-refractivity contribution < 1.29 is 9.21 Å². The van der Waals surface area contributed by atoms with Crippen LogP contribution in [-0.2, 0) is 11.2 Å². The number of hydrogen-bond donors (Lipinski definition) is 0. The standard InChI is InChI=1S/C13H12O2/c14-12(10-3-4-10)7-9-1-2-11-5-6-15-13(11)8-9/h1-2,5-6,8,10H,3-4,7H2. The molecule has 2 aromatic rings. The number of carbonyl (C=O) groups excluding carboxylic acids is 1. The first-order valence-electron chi connectivity index (χ1n) is 5.32. The lowest BCUT2D eigenvalue weighted by atomic mass is 10.1. The average molecular weight is 200 g/mol. The van der Waals surface area contributed by atoms with Crippen LogP contribution in [0.2, 0.25) is 0 Å². The van der Waals surface area contributed by atoms with Crippen LogP contribution in [0.1, 0.15) is 18.4 Å². The van der Waals surface area contributed by atoms with E-state index in [0.29, 0.717) is 18.1 Å². The first-order chi connectivity index (χ1) is 7.33. The minimum Gasteiger partial charge on any atom is -0.464 e. The third-order valence-electron chi connectivity index (χ3n) is 2.93. The molecule has 2 nitrogen and oxygen atoms in total. The number of ketones is 1. The van der Waals surface area contributed by atoms with E-state index < -0.39 is 0 Å². The van der Waals surface area contributed by atoms with Crippen LogP contribution >= 0.6 is 0 Å². The van der Waals surface area contributed by atoms with E-state index in [1.807, 2.05) is 24.3 Å². The zero-order chi connectivity index (χ0) is 10.3. The summed E-state index contributed by atoms with van der Waals surface area (Å²) in [5.74, 6) is 0.721. The zero-order valence-electron chi connectivity index (χ0n) is 8.40. The number of rotatable bonds is 3. The number of benzene rings is 1. The predicted molar refractivity (Wildman–Crippen MR) is 57.6 cm³/mol. The fourth-order valence-electron chi connectivity index (χ4n) is 1.86. The zero-order valence-corrected chi connectivity index (χ0v) is 8.40. The molecule has 0 aliphatic heterocycles. The van der Waals surface area contributed by atoms with Gasteiger partial charge >= 0.3 is 0 Å². The van der Waals surface area contributed by atoms with Crippen molar-refractivity contribution >= 4 is 16.8 Å². The molecular formula is C13H12O2. The lowest BCUT2D eigenvalue weighted by molar-refractivity contribution is -0.119. The van der Waals surface area contributed by atoms with Crippen molar-refractivity contribution in [1.29, 1.82) is 0 Å². The Morgan fingerprint density at radius 1 is 1.33 bits per heavy atom. The van der Waals surface area contributed by atoms with Gasteiger partial charge in [-0.25, -0.2) is 0 Å². The smallest absolute Gasteiger partial charge is 0.140 e. The van der Waals surface area contributed by atoms with Crippen LogP contribution in [0.25, 0.3) is 11.0 Å². The van der Waals surface area contributed by atoms with Crippen molar-refractivity contribution in [3.05, 3.63) is 36.1 Å². The number of carbonyl (C=O) groups is 1. The van der Waals surface area contributed by atoms with Gasteiger partial charge < -0.3 is 4.42 Å². The van der Waals surface area contributed by atoms with Crippen LogP contribution in [0.5, 0.6) is 0 Å². The third-order valence-corrected chi connectivity index (χ3v) is 2.93. The minimum absolute atomic E-state index is 0.345. The molecule has 1 fully saturated rings. The summed E-state index contributed by atoms with van der Waals surface area (Å²) in [7, 11) is 0. The second kappa shape index (κ2) is 3.23. The number of furan rings is 1. The summed E-state index contributed by atoms with van der Waals surface area (Å²) in [6.07, 6.45) is 4.40. The second-order valence-electron chi connectivity index (χ2n) is 4.21. The van der Waals surface area contributed by atoms with Crippen molar-refractivity contribution in [2.45, 2.75) is 19.3 Å². The Morgan fingerprint density at radius 3 is 3.00 bits per heavy atom. The normalized spacial score (nSPS) is 15.7. The lowest BCUT2D eigenvalue weighted by Crippen LogP contribution is -2.04. The Morgan fingerprint density at radius 2 is 2.20 bits per heavy atom. The van der Waals surface area contributed by atoms with Gasteiger partial charge in [-0.2, -0.15) is 0 Å². The molecule has 1 saturated carbocycles. The van der Waals surface area contributed by atoms with Gasteiger partial charge in [0.15, 0.2) is 0 Å². The van der Waals surface area contributed by atoms with E-state index in [4.69, 9.17) is 4.42 Å². The van der Waals surface area contributed by atoms with Crippen LogP contribution in [0, 0.1) is 5.92 Å². The molecule has 0 spiro atoms. The highest BCUT2D eigenvalue weighted by atomic mass is 16.3. The largest absolute Gasteiger partial charge is 0.464 e. The highest BCUT2D eigenvalue weighted by Gasteiger charge is 2.29. The molecule has 0 N–H and O–H groups in total. The molecule has 0 saturated heterocycles. The van der Waals surface area contributed by atoms with Crippen molar-refractivity contribution in [1.82, 2.24) is 0 Å². The predicted octanol–water partition coefficient (Wildman–Crippen LogP) is 2.95. The molecule has 0 bridgehead atoms. The molecule has 0 unspecified atom stereocenters. The molecule has 1 aromatic heterocycles. The van der Waals surface area contributed by atoms with Gasteiger partial charge in [0.05, 0.1) is 6.26 Å². The SMILES string of the molecule is O=C(Cc1ccc2ccoc2c1)C1CC1. The summed E-state index contributed by atoms with van der Waals surface area (Å²) in [6, 6.07) is 7.92. The van der Waals surface area contributed by atoms with Gasteiger partial charge in [0.1, 0.15) is 11.4 Å². The topological polar surface area (TPSA) is 30.2 Å². The second-order valence-corrected chi connectivity index (χ2v) is 4.21. The van der Waals surface area contributed by atoms with Crippen LogP contribution in [-0.4, -0.2) is 5.78 Å². The Bertz CT molecular complexity index is 506. The van der Waals surface area contributed by atoms with Gasteiger partial charge in [0.2, 0.25) is 0 Å². The maximum atomic E-state index is 11.6. The molecule has 76 valence electrons. The summed E-state index contributed by atoms with van der Waals surface area (Å²) >= 11 is 0. The van der Waals surface area contributed by atoms with Crippen molar-refractivity contribution in [2.75, 3.05) is 0 Å². The molecule has 1 heterocycles. The van der Waals surface area contributed by atoms with E-state index in [1.54, 1.807) is 6.26 Å². The molecule has 2 heteroatoms. The maximum Gasteiger partial charge on any atom is 0.140 e. The van der Waals surface area contributed by atoms with E-state index in [2.05, 4.69) is 0 Å². The summed E-state index contributed by atoms with van der Waals surface area (Å²) in [5.41, 5.74) is 1.94. The number of Topliss-reactive ketones (excluding diaryl/α,β-unsaturated/α-hetero) is 1. The maximum absolute atomic E-state index is 11.6. The molecule has 1 aliphatic rings. The molecule has 0 radical (unpaired) electrons. The minimum atomic E-state index is 0.345. The van der Waals surface area contributed by atoms with Gasteiger partial charge in [0.25, 0.3) is 0 Å². The number of fused-ring (bicyclic) bond motifs is 1. The average Bonchev–Trinajstić information content (AvgIpc) is 2.98. The van der Waals surface area contributed by atoms with Crippen LogP contribution in [0.4, 0.5) is 0 Å². The van der Waals surface area contributed by atoms with E-state index in [0.717, 1.165) is 29.4 Å². The van der Waals surface area contributed by atoms with Gasteiger partial charge in [-0.15, -0.1) is 0 Å². The third kappa shape index (κ3) is 1.67. The summed E-state index contributed by atoms with van der Waals surface area (Å²) in [6.45, 7) is 0. The Labute approximate surface area is 87.9 Å². The quantitative estimate of drug-likeness (QED) is 0.762. The molecule has 3 rings (SSSR count). The Kier molecular flexibility index (Phi) is 1.88. The van der Waals surface area contributed by atoms with Gasteiger partial charge in [-0.05, 0) is 30.5 Å². The molecule has 15 heavy (non-hydrogen) atoms. The van der Waals surface area contributed by atoms with Crippen molar-refractivity contribution in [3.63, 3.8) is 0 Å². The Balaban J connectivity index is 1.86. The van der Waals surface area contributed by atoms with Crippen LogP contribution in [0.3, 0.4) is 0 Å². The van der Waals surface area contributed by atoms with E-state index >= 15 is 0 Å². The van der Waals surface area contributed by atoms with Crippen LogP contribution in [0.15, 0.2) is 34.9 Å². The van der Waals surface area contributed by atoms with E-state index in [-0.39, 0.29) is 0 Å². The summed E-state index contributed by atoms with van der Waals surface area (Å²) in [4.78, 5) is 11.6. The highest BCUT2D eigenvalue weighted by molar-refractivity contribution is 5.86. The van der Waals surface area contributed by atoms with Crippen LogP contribution < -0.4 is 0 Å². The summed E-state index contributed by atoms with van der Waals surface area (Å²) in [5, 5.41) is 1.10.